The zero-order valence-corrected chi connectivity index (χ0v) is 12.4. The summed E-state index contributed by atoms with van der Waals surface area (Å²) in [6.45, 7) is 4.91. The third kappa shape index (κ3) is 3.76. The van der Waals surface area contributed by atoms with Gasteiger partial charge in [0.1, 0.15) is 0 Å². The molecule has 0 radical (unpaired) electrons. The minimum absolute atomic E-state index is 0.549. The largest absolute Gasteiger partial charge is 0.341 e. The van der Waals surface area contributed by atoms with Crippen molar-refractivity contribution in [1.82, 2.24) is 20.3 Å². The lowest BCUT2D eigenvalue weighted by molar-refractivity contribution is 0.409. The molecule has 0 spiro atoms. The molecular formula is C16H21N5. The molecule has 0 atom stereocenters. The van der Waals surface area contributed by atoms with Crippen LogP contribution in [0.1, 0.15) is 24.1 Å². The van der Waals surface area contributed by atoms with Crippen molar-refractivity contribution >= 4 is 5.95 Å². The normalized spacial score (nSPS) is 16.1. The SMILES string of the molecule is Cc1ccc(CNC2CCN(c3ncccn3)CC2)nc1. The topological polar surface area (TPSA) is 53.9 Å². The van der Waals surface area contributed by atoms with E-state index in [2.05, 4.69) is 44.2 Å². The molecule has 1 aliphatic rings. The fourth-order valence-electron chi connectivity index (χ4n) is 2.59. The molecule has 0 bridgehead atoms. The molecule has 1 aliphatic heterocycles. The summed E-state index contributed by atoms with van der Waals surface area (Å²) in [6, 6.07) is 6.61. The van der Waals surface area contributed by atoms with E-state index in [0.29, 0.717) is 6.04 Å². The van der Waals surface area contributed by atoms with Crippen LogP contribution in [-0.2, 0) is 6.54 Å². The first kappa shape index (κ1) is 13.9. The van der Waals surface area contributed by atoms with E-state index in [4.69, 9.17) is 0 Å². The Hall–Kier alpha value is -2.01. The number of anilines is 1. The molecule has 1 saturated heterocycles. The molecule has 3 heterocycles. The van der Waals surface area contributed by atoms with E-state index in [1.54, 1.807) is 12.4 Å². The van der Waals surface area contributed by atoms with Gasteiger partial charge < -0.3 is 10.2 Å². The summed E-state index contributed by atoms with van der Waals surface area (Å²) < 4.78 is 0. The predicted octanol–water partition coefficient (Wildman–Crippen LogP) is 1.94. The van der Waals surface area contributed by atoms with E-state index in [-0.39, 0.29) is 0 Å². The van der Waals surface area contributed by atoms with Gasteiger partial charge in [-0.3, -0.25) is 4.98 Å². The highest BCUT2D eigenvalue weighted by Crippen LogP contribution is 2.15. The van der Waals surface area contributed by atoms with Gasteiger partial charge in [0, 0.05) is 44.3 Å². The summed E-state index contributed by atoms with van der Waals surface area (Å²) in [5.41, 5.74) is 2.31. The van der Waals surface area contributed by atoms with Crippen LogP contribution < -0.4 is 10.2 Å². The molecule has 2 aromatic heterocycles. The van der Waals surface area contributed by atoms with Crippen LogP contribution in [0.4, 0.5) is 5.95 Å². The van der Waals surface area contributed by atoms with Crippen molar-refractivity contribution in [3.05, 3.63) is 48.0 Å². The van der Waals surface area contributed by atoms with E-state index in [1.807, 2.05) is 12.3 Å². The summed E-state index contributed by atoms with van der Waals surface area (Å²) in [5, 5.41) is 3.60. The van der Waals surface area contributed by atoms with Crippen molar-refractivity contribution in [1.29, 1.82) is 0 Å². The van der Waals surface area contributed by atoms with Gasteiger partial charge >= 0.3 is 0 Å². The lowest BCUT2D eigenvalue weighted by Gasteiger charge is -2.32. The number of hydrogen-bond donors (Lipinski definition) is 1. The Kier molecular flexibility index (Phi) is 4.40. The lowest BCUT2D eigenvalue weighted by Crippen LogP contribution is -2.42. The molecular weight excluding hydrogens is 262 g/mol. The van der Waals surface area contributed by atoms with Gasteiger partial charge in [-0.1, -0.05) is 6.07 Å². The van der Waals surface area contributed by atoms with Crippen LogP contribution in [0, 0.1) is 6.92 Å². The molecule has 2 aromatic rings. The van der Waals surface area contributed by atoms with Gasteiger partial charge in [-0.2, -0.15) is 0 Å². The summed E-state index contributed by atoms with van der Waals surface area (Å²) >= 11 is 0. The van der Waals surface area contributed by atoms with Gasteiger partial charge in [0.25, 0.3) is 0 Å². The standard InChI is InChI=1S/C16H21N5/c1-13-3-4-15(19-11-13)12-20-14-5-9-21(10-6-14)16-17-7-2-8-18-16/h2-4,7-8,11,14,20H,5-6,9-10,12H2,1H3. The molecule has 3 rings (SSSR count). The van der Waals surface area contributed by atoms with E-state index >= 15 is 0 Å². The first-order valence-electron chi connectivity index (χ1n) is 7.48. The quantitative estimate of drug-likeness (QED) is 0.929. The third-order valence-electron chi connectivity index (χ3n) is 3.87. The van der Waals surface area contributed by atoms with Crippen LogP contribution >= 0.6 is 0 Å². The first-order chi connectivity index (χ1) is 10.3. The Labute approximate surface area is 125 Å². The summed E-state index contributed by atoms with van der Waals surface area (Å²) in [5.74, 6) is 0.844. The van der Waals surface area contributed by atoms with Crippen molar-refractivity contribution in [3.8, 4) is 0 Å². The Morgan fingerprint density at radius 3 is 2.57 bits per heavy atom. The highest BCUT2D eigenvalue weighted by atomic mass is 15.3. The highest BCUT2D eigenvalue weighted by molar-refractivity contribution is 5.29. The summed E-state index contributed by atoms with van der Waals surface area (Å²) in [6.07, 6.45) is 7.76. The molecule has 0 amide bonds. The molecule has 110 valence electrons. The minimum Gasteiger partial charge on any atom is -0.341 e. The number of aryl methyl sites for hydroxylation is 1. The first-order valence-corrected chi connectivity index (χ1v) is 7.48. The van der Waals surface area contributed by atoms with Crippen molar-refractivity contribution in [3.63, 3.8) is 0 Å². The molecule has 0 aromatic carbocycles. The molecule has 5 nitrogen and oxygen atoms in total. The average Bonchev–Trinajstić information content (AvgIpc) is 2.56. The van der Waals surface area contributed by atoms with E-state index in [0.717, 1.165) is 44.1 Å². The maximum atomic E-state index is 4.43. The summed E-state index contributed by atoms with van der Waals surface area (Å²) in [4.78, 5) is 15.3. The summed E-state index contributed by atoms with van der Waals surface area (Å²) in [7, 11) is 0. The van der Waals surface area contributed by atoms with Gasteiger partial charge in [0.05, 0.1) is 5.69 Å². The maximum Gasteiger partial charge on any atom is 0.225 e. The van der Waals surface area contributed by atoms with E-state index in [9.17, 15) is 0 Å². The number of pyridine rings is 1. The van der Waals surface area contributed by atoms with Crippen LogP contribution in [0.15, 0.2) is 36.8 Å². The third-order valence-corrected chi connectivity index (χ3v) is 3.87. The fraction of sp³-hybridized carbons (Fsp3) is 0.438. The number of aromatic nitrogens is 3. The number of hydrogen-bond acceptors (Lipinski definition) is 5. The molecule has 1 fully saturated rings. The van der Waals surface area contributed by atoms with Gasteiger partial charge in [-0.05, 0) is 37.5 Å². The second-order valence-electron chi connectivity index (χ2n) is 5.52. The predicted molar refractivity (Wildman–Crippen MR) is 83.1 cm³/mol. The van der Waals surface area contributed by atoms with Crippen LogP contribution in [0.5, 0.6) is 0 Å². The zero-order chi connectivity index (χ0) is 14.5. The number of piperidine rings is 1. The van der Waals surface area contributed by atoms with Crippen molar-refractivity contribution in [2.45, 2.75) is 32.4 Å². The Morgan fingerprint density at radius 2 is 1.90 bits per heavy atom. The van der Waals surface area contributed by atoms with Crippen LogP contribution in [0.25, 0.3) is 0 Å². The molecule has 0 saturated carbocycles. The fourth-order valence-corrected chi connectivity index (χ4v) is 2.59. The van der Waals surface area contributed by atoms with Gasteiger partial charge in [0.15, 0.2) is 0 Å². The minimum atomic E-state index is 0.549. The molecule has 21 heavy (non-hydrogen) atoms. The van der Waals surface area contributed by atoms with Gasteiger partial charge in [0.2, 0.25) is 5.95 Å². The molecule has 0 aliphatic carbocycles. The van der Waals surface area contributed by atoms with E-state index in [1.165, 1.54) is 5.56 Å². The number of nitrogens with one attached hydrogen (secondary N) is 1. The Morgan fingerprint density at radius 1 is 1.14 bits per heavy atom. The number of nitrogens with zero attached hydrogens (tertiary/aromatic N) is 4. The zero-order valence-electron chi connectivity index (χ0n) is 12.4. The van der Waals surface area contributed by atoms with Crippen molar-refractivity contribution in [2.75, 3.05) is 18.0 Å². The molecule has 5 heteroatoms. The second-order valence-corrected chi connectivity index (χ2v) is 5.52. The van der Waals surface area contributed by atoms with Gasteiger partial charge in [-0.15, -0.1) is 0 Å². The average molecular weight is 283 g/mol. The van der Waals surface area contributed by atoms with Crippen LogP contribution in [0.3, 0.4) is 0 Å². The lowest BCUT2D eigenvalue weighted by atomic mass is 10.1. The van der Waals surface area contributed by atoms with E-state index < -0.39 is 0 Å². The second kappa shape index (κ2) is 6.63. The smallest absolute Gasteiger partial charge is 0.225 e. The molecule has 0 unspecified atom stereocenters. The monoisotopic (exact) mass is 283 g/mol. The maximum absolute atomic E-state index is 4.43. The van der Waals surface area contributed by atoms with Crippen LogP contribution in [-0.4, -0.2) is 34.1 Å². The Balaban J connectivity index is 1.47. The van der Waals surface area contributed by atoms with Gasteiger partial charge in [-0.25, -0.2) is 9.97 Å². The van der Waals surface area contributed by atoms with Crippen molar-refractivity contribution < 1.29 is 0 Å². The molecule has 1 N–H and O–H groups in total. The van der Waals surface area contributed by atoms with Crippen LogP contribution in [0.2, 0.25) is 0 Å². The highest BCUT2D eigenvalue weighted by Gasteiger charge is 2.20. The number of rotatable bonds is 4. The Bertz CT molecular complexity index is 547. The van der Waals surface area contributed by atoms with Crippen molar-refractivity contribution in [2.24, 2.45) is 0 Å².